The van der Waals surface area contributed by atoms with E-state index < -0.39 is 32.7 Å². The number of hydrogen-bond acceptors (Lipinski definition) is 5. The largest absolute Gasteiger partial charge is 0.405 e. The number of nitrogens with zero attached hydrogens (tertiary/aromatic N) is 4. The van der Waals surface area contributed by atoms with Gasteiger partial charge in [0.15, 0.2) is 5.82 Å². The van der Waals surface area contributed by atoms with Gasteiger partial charge in [0, 0.05) is 24.8 Å². The second-order valence-corrected chi connectivity index (χ2v) is 14.2. The average Bonchev–Trinajstić information content (AvgIpc) is 3.19. The first-order valence-corrected chi connectivity index (χ1v) is 14.6. The minimum Gasteiger partial charge on any atom is -0.366 e. The standard InChI is InChI=1S/C23H25F3N6O2Si/c1-35(2,3)11-8-15-6-9-27-19(12-15)30-22(34)32-16-7-10-31(13-16)18-5-4-17(29-20(18)32)21(33)28-14-23(24,25)26/h4-6,9,12,16H,7,10,13-14H2,1-3H3,(H,28,33)(H,27,30,34). The summed E-state index contributed by atoms with van der Waals surface area (Å²) in [6.07, 6.45) is -2.29. The third kappa shape index (κ3) is 5.91. The van der Waals surface area contributed by atoms with Gasteiger partial charge in [-0.3, -0.25) is 15.0 Å². The molecule has 2 aliphatic heterocycles. The third-order valence-corrected chi connectivity index (χ3v) is 6.30. The van der Waals surface area contributed by atoms with Crippen molar-refractivity contribution in [3.05, 3.63) is 41.7 Å². The molecular weight excluding hydrogens is 477 g/mol. The molecule has 3 amide bonds. The molecule has 2 bridgehead atoms. The number of hydrogen-bond donors (Lipinski definition) is 2. The molecule has 0 radical (unpaired) electrons. The Hall–Kier alpha value is -3.59. The first-order chi connectivity index (χ1) is 16.4. The Kier molecular flexibility index (Phi) is 6.46. The summed E-state index contributed by atoms with van der Waals surface area (Å²) in [5, 5.41) is 4.60. The number of anilines is 3. The maximum absolute atomic E-state index is 13.3. The molecule has 0 aliphatic carbocycles. The lowest BCUT2D eigenvalue weighted by Gasteiger charge is -2.35. The summed E-state index contributed by atoms with van der Waals surface area (Å²) in [5.74, 6) is 2.71. The van der Waals surface area contributed by atoms with E-state index in [4.69, 9.17) is 0 Å². The van der Waals surface area contributed by atoms with Crippen LogP contribution in [-0.2, 0) is 0 Å². The fraction of sp³-hybridized carbons (Fsp3) is 0.391. The van der Waals surface area contributed by atoms with Gasteiger partial charge >= 0.3 is 12.2 Å². The normalized spacial score (nSPS) is 16.8. The maximum atomic E-state index is 13.3. The molecular formula is C23H25F3N6O2Si. The number of urea groups is 1. The van der Waals surface area contributed by atoms with Crippen LogP contribution in [0.2, 0.25) is 19.6 Å². The Balaban J connectivity index is 1.58. The van der Waals surface area contributed by atoms with Crippen molar-refractivity contribution in [2.45, 2.75) is 38.3 Å². The molecule has 35 heavy (non-hydrogen) atoms. The quantitative estimate of drug-likeness (QED) is 0.494. The van der Waals surface area contributed by atoms with Crippen LogP contribution < -0.4 is 20.4 Å². The lowest BCUT2D eigenvalue weighted by atomic mass is 10.1. The van der Waals surface area contributed by atoms with Crippen molar-refractivity contribution < 1.29 is 22.8 Å². The fourth-order valence-electron chi connectivity index (χ4n) is 3.88. The number of nitrogens with one attached hydrogen (secondary N) is 2. The van der Waals surface area contributed by atoms with Crippen LogP contribution in [0.5, 0.6) is 0 Å². The van der Waals surface area contributed by atoms with E-state index in [1.807, 2.05) is 10.2 Å². The van der Waals surface area contributed by atoms with Crippen molar-refractivity contribution in [2.24, 2.45) is 0 Å². The van der Waals surface area contributed by atoms with Gasteiger partial charge in [-0.2, -0.15) is 13.2 Å². The van der Waals surface area contributed by atoms with Crippen LogP contribution in [0.1, 0.15) is 22.5 Å². The van der Waals surface area contributed by atoms with Gasteiger partial charge in [-0.1, -0.05) is 25.6 Å². The predicted molar refractivity (Wildman–Crippen MR) is 129 cm³/mol. The van der Waals surface area contributed by atoms with Crippen molar-refractivity contribution >= 4 is 37.3 Å². The number of rotatable bonds is 3. The molecule has 0 spiro atoms. The molecule has 4 rings (SSSR count). The van der Waals surface area contributed by atoms with Crippen molar-refractivity contribution in [2.75, 3.05) is 34.8 Å². The lowest BCUT2D eigenvalue weighted by molar-refractivity contribution is -0.123. The lowest BCUT2D eigenvalue weighted by Crippen LogP contribution is -2.48. The number of amides is 3. The van der Waals surface area contributed by atoms with Crippen LogP contribution in [0.15, 0.2) is 30.5 Å². The second kappa shape index (κ2) is 9.22. The highest BCUT2D eigenvalue weighted by molar-refractivity contribution is 6.83. The molecule has 2 aliphatic rings. The molecule has 1 saturated heterocycles. The minimum atomic E-state index is -4.54. The highest BCUT2D eigenvalue weighted by atomic mass is 28.3. The highest BCUT2D eigenvalue weighted by Crippen LogP contribution is 2.39. The van der Waals surface area contributed by atoms with E-state index in [-0.39, 0.29) is 17.6 Å². The van der Waals surface area contributed by atoms with Crippen molar-refractivity contribution in [1.82, 2.24) is 15.3 Å². The Labute approximate surface area is 201 Å². The van der Waals surface area contributed by atoms with Gasteiger partial charge in [-0.05, 0) is 30.7 Å². The average molecular weight is 503 g/mol. The number of aromatic nitrogens is 2. The summed E-state index contributed by atoms with van der Waals surface area (Å²) in [6.45, 7) is 6.22. The number of carbonyl (C=O) groups excluding carboxylic acids is 2. The van der Waals surface area contributed by atoms with E-state index in [9.17, 15) is 22.8 Å². The number of alkyl halides is 3. The SMILES string of the molecule is C[Si](C)(C)C#Cc1ccnc(NC(=O)N2c3nc(C(=O)NCC(F)(F)F)ccc3N3CCC2C3)c1. The number of halogens is 3. The van der Waals surface area contributed by atoms with Gasteiger partial charge in [-0.25, -0.2) is 14.8 Å². The van der Waals surface area contributed by atoms with Gasteiger partial charge in [0.2, 0.25) is 0 Å². The van der Waals surface area contributed by atoms with E-state index in [1.54, 1.807) is 24.4 Å². The van der Waals surface area contributed by atoms with Crippen LogP contribution in [0.3, 0.4) is 0 Å². The van der Waals surface area contributed by atoms with Crippen molar-refractivity contribution in [1.29, 1.82) is 0 Å². The van der Waals surface area contributed by atoms with E-state index >= 15 is 0 Å². The smallest absolute Gasteiger partial charge is 0.366 e. The van der Waals surface area contributed by atoms with E-state index in [1.165, 1.54) is 11.0 Å². The summed E-state index contributed by atoms with van der Waals surface area (Å²) < 4.78 is 37.5. The Morgan fingerprint density at radius 1 is 1.23 bits per heavy atom. The Morgan fingerprint density at radius 2 is 2.00 bits per heavy atom. The molecule has 12 heteroatoms. The molecule has 2 aromatic heterocycles. The zero-order valence-electron chi connectivity index (χ0n) is 19.5. The van der Waals surface area contributed by atoms with Crippen LogP contribution in [-0.4, -0.2) is 61.8 Å². The topological polar surface area (TPSA) is 90.5 Å². The molecule has 1 unspecified atom stereocenters. The third-order valence-electron chi connectivity index (χ3n) is 5.43. The number of carbonyl (C=O) groups is 2. The monoisotopic (exact) mass is 502 g/mol. The first kappa shape index (κ1) is 24.5. The maximum Gasteiger partial charge on any atom is 0.405 e. The first-order valence-electron chi connectivity index (χ1n) is 11.1. The molecule has 1 fully saturated rings. The van der Waals surface area contributed by atoms with Crippen molar-refractivity contribution in [3.8, 4) is 11.5 Å². The second-order valence-electron chi connectivity index (χ2n) is 9.46. The summed E-state index contributed by atoms with van der Waals surface area (Å²) in [6, 6.07) is 5.74. The molecule has 4 heterocycles. The van der Waals surface area contributed by atoms with Gasteiger partial charge in [-0.15, -0.1) is 5.54 Å². The molecule has 0 aromatic carbocycles. The van der Waals surface area contributed by atoms with Crippen LogP contribution >= 0.6 is 0 Å². The molecule has 1 atom stereocenters. The zero-order chi connectivity index (χ0) is 25.4. The number of pyridine rings is 2. The summed E-state index contributed by atoms with van der Waals surface area (Å²) in [5.41, 5.74) is 4.44. The minimum absolute atomic E-state index is 0.196. The molecule has 184 valence electrons. The van der Waals surface area contributed by atoms with E-state index in [2.05, 4.69) is 46.4 Å². The summed E-state index contributed by atoms with van der Waals surface area (Å²) in [4.78, 5) is 37.6. The van der Waals surface area contributed by atoms with Gasteiger partial charge in [0.05, 0.1) is 11.7 Å². The van der Waals surface area contributed by atoms with E-state index in [0.717, 1.165) is 5.56 Å². The van der Waals surface area contributed by atoms with Crippen LogP contribution in [0.25, 0.3) is 0 Å². The van der Waals surface area contributed by atoms with E-state index in [0.29, 0.717) is 31.0 Å². The molecule has 8 nitrogen and oxygen atoms in total. The zero-order valence-corrected chi connectivity index (χ0v) is 20.5. The molecule has 2 N–H and O–H groups in total. The van der Waals surface area contributed by atoms with Crippen LogP contribution in [0.4, 0.5) is 35.3 Å². The van der Waals surface area contributed by atoms with Gasteiger partial charge < -0.3 is 10.2 Å². The summed E-state index contributed by atoms with van der Waals surface area (Å²) >= 11 is 0. The van der Waals surface area contributed by atoms with Crippen LogP contribution in [0, 0.1) is 11.5 Å². The van der Waals surface area contributed by atoms with Gasteiger partial charge in [0.25, 0.3) is 5.91 Å². The highest BCUT2D eigenvalue weighted by Gasteiger charge is 2.40. The Morgan fingerprint density at radius 3 is 2.71 bits per heavy atom. The Bertz CT molecular complexity index is 1220. The molecule has 2 aromatic rings. The number of fused-ring (bicyclic) bond motifs is 4. The predicted octanol–water partition coefficient (Wildman–Crippen LogP) is 3.63. The van der Waals surface area contributed by atoms with Crippen molar-refractivity contribution in [3.63, 3.8) is 0 Å². The summed E-state index contributed by atoms with van der Waals surface area (Å²) in [7, 11) is -1.58. The van der Waals surface area contributed by atoms with Gasteiger partial charge in [0.1, 0.15) is 26.1 Å². The fourth-order valence-corrected chi connectivity index (χ4v) is 4.39. The molecule has 0 saturated carbocycles.